The quantitative estimate of drug-likeness (QED) is 0.832. The van der Waals surface area contributed by atoms with Crippen LogP contribution in [0.25, 0.3) is 0 Å². The largest absolute Gasteiger partial charge is 0.325 e. The molecule has 1 fully saturated rings. The van der Waals surface area contributed by atoms with Crippen molar-refractivity contribution in [3.63, 3.8) is 0 Å². The van der Waals surface area contributed by atoms with Gasteiger partial charge in [0, 0.05) is 5.69 Å². The van der Waals surface area contributed by atoms with Gasteiger partial charge in [0.05, 0.1) is 0 Å². The van der Waals surface area contributed by atoms with Crippen LogP contribution >= 0.6 is 0 Å². The fourth-order valence-corrected chi connectivity index (χ4v) is 2.97. The van der Waals surface area contributed by atoms with Gasteiger partial charge in [-0.05, 0) is 49.6 Å². The first-order valence-corrected chi connectivity index (χ1v) is 8.38. The summed E-state index contributed by atoms with van der Waals surface area (Å²) in [6, 6.07) is 14.0. The predicted octanol–water partition coefficient (Wildman–Crippen LogP) is 2.71. The molecule has 1 aliphatic heterocycles. The number of amides is 4. The van der Waals surface area contributed by atoms with Crippen molar-refractivity contribution in [2.75, 3.05) is 11.9 Å². The molecule has 0 saturated carbocycles. The van der Waals surface area contributed by atoms with Gasteiger partial charge in [-0.1, -0.05) is 36.4 Å². The van der Waals surface area contributed by atoms with Crippen molar-refractivity contribution in [3.05, 3.63) is 65.2 Å². The maximum atomic E-state index is 12.8. The highest BCUT2D eigenvalue weighted by molar-refractivity contribution is 6.10. The number of urea groups is 1. The number of hydrogen-bond acceptors (Lipinski definition) is 3. The van der Waals surface area contributed by atoms with Gasteiger partial charge in [0.25, 0.3) is 5.91 Å². The fourth-order valence-electron chi connectivity index (χ4n) is 2.97. The summed E-state index contributed by atoms with van der Waals surface area (Å²) >= 11 is 0. The summed E-state index contributed by atoms with van der Waals surface area (Å²) in [6.45, 7) is 5.25. The second-order valence-corrected chi connectivity index (χ2v) is 6.66. The zero-order valence-corrected chi connectivity index (χ0v) is 15.0. The Morgan fingerprint density at radius 3 is 2.42 bits per heavy atom. The van der Waals surface area contributed by atoms with Gasteiger partial charge in [0.2, 0.25) is 5.91 Å². The summed E-state index contributed by atoms with van der Waals surface area (Å²) in [5.41, 5.74) is 2.32. The lowest BCUT2D eigenvalue weighted by Crippen LogP contribution is -2.42. The van der Waals surface area contributed by atoms with E-state index in [0.29, 0.717) is 11.3 Å². The van der Waals surface area contributed by atoms with Gasteiger partial charge in [-0.2, -0.15) is 0 Å². The molecule has 0 aliphatic carbocycles. The third-order valence-electron chi connectivity index (χ3n) is 4.72. The average molecular weight is 351 g/mol. The molecule has 3 rings (SSSR count). The zero-order chi connectivity index (χ0) is 18.9. The van der Waals surface area contributed by atoms with Crippen molar-refractivity contribution in [1.82, 2.24) is 10.2 Å². The van der Waals surface area contributed by atoms with Gasteiger partial charge >= 0.3 is 6.03 Å². The highest BCUT2D eigenvalue weighted by Crippen LogP contribution is 2.28. The minimum atomic E-state index is -1.17. The molecule has 134 valence electrons. The molecular formula is C20H21N3O3. The van der Waals surface area contributed by atoms with Gasteiger partial charge in [-0.25, -0.2) is 4.79 Å². The van der Waals surface area contributed by atoms with Crippen molar-refractivity contribution in [2.45, 2.75) is 26.3 Å². The molecule has 0 radical (unpaired) electrons. The van der Waals surface area contributed by atoms with E-state index < -0.39 is 23.4 Å². The molecule has 2 aromatic rings. The summed E-state index contributed by atoms with van der Waals surface area (Å²) < 4.78 is 0. The number of nitrogens with one attached hydrogen (secondary N) is 2. The molecule has 1 heterocycles. The third-order valence-corrected chi connectivity index (χ3v) is 4.72. The number of aryl methyl sites for hydroxylation is 2. The van der Waals surface area contributed by atoms with E-state index in [1.165, 1.54) is 0 Å². The van der Waals surface area contributed by atoms with Crippen LogP contribution in [0.2, 0.25) is 0 Å². The molecule has 6 nitrogen and oxygen atoms in total. The van der Waals surface area contributed by atoms with Crippen LogP contribution in [0.5, 0.6) is 0 Å². The first-order chi connectivity index (χ1) is 12.3. The van der Waals surface area contributed by atoms with Crippen molar-refractivity contribution in [1.29, 1.82) is 0 Å². The normalized spacial score (nSPS) is 19.4. The van der Waals surface area contributed by atoms with E-state index in [-0.39, 0.29) is 6.54 Å². The van der Waals surface area contributed by atoms with Crippen LogP contribution in [0.15, 0.2) is 48.5 Å². The maximum Gasteiger partial charge on any atom is 0.325 e. The van der Waals surface area contributed by atoms with Crippen molar-refractivity contribution in [2.24, 2.45) is 0 Å². The molecule has 2 N–H and O–H groups in total. The molecule has 0 spiro atoms. The lowest BCUT2D eigenvalue weighted by Gasteiger charge is -2.22. The lowest BCUT2D eigenvalue weighted by atomic mass is 9.92. The molecule has 2 aromatic carbocycles. The van der Waals surface area contributed by atoms with Gasteiger partial charge in [-0.15, -0.1) is 0 Å². The van der Waals surface area contributed by atoms with Crippen LogP contribution in [0, 0.1) is 13.8 Å². The number of rotatable bonds is 4. The highest BCUT2D eigenvalue weighted by atomic mass is 16.2. The van der Waals surface area contributed by atoms with Crippen molar-refractivity contribution in [3.8, 4) is 0 Å². The van der Waals surface area contributed by atoms with E-state index in [2.05, 4.69) is 10.6 Å². The number of imide groups is 1. The third kappa shape index (κ3) is 3.18. The Hall–Kier alpha value is -3.15. The number of anilines is 1. The van der Waals surface area contributed by atoms with E-state index in [0.717, 1.165) is 16.0 Å². The van der Waals surface area contributed by atoms with Crippen LogP contribution in [0.3, 0.4) is 0 Å². The standard InChI is InChI=1S/C20H21N3O3/c1-13-9-10-16(11-14(13)2)21-17(24)12-23-18(25)20(3,22-19(23)26)15-7-5-4-6-8-15/h4-11H,12H2,1-3H3,(H,21,24)(H,22,26)/t20-/m1/s1. The first kappa shape index (κ1) is 17.7. The Kier molecular flexibility index (Phi) is 4.50. The average Bonchev–Trinajstić information content (AvgIpc) is 2.83. The number of hydrogen-bond donors (Lipinski definition) is 2. The minimum Gasteiger partial charge on any atom is -0.325 e. The van der Waals surface area contributed by atoms with Gasteiger partial charge in [0.15, 0.2) is 0 Å². The van der Waals surface area contributed by atoms with Crippen LogP contribution in [0.1, 0.15) is 23.6 Å². The topological polar surface area (TPSA) is 78.5 Å². The van der Waals surface area contributed by atoms with Gasteiger partial charge in [0.1, 0.15) is 12.1 Å². The summed E-state index contributed by atoms with van der Waals surface area (Å²) in [5, 5.41) is 5.42. The van der Waals surface area contributed by atoms with E-state index in [1.54, 1.807) is 37.3 Å². The van der Waals surface area contributed by atoms with Gasteiger partial charge < -0.3 is 10.6 Å². The molecule has 1 atom stereocenters. The highest BCUT2D eigenvalue weighted by Gasteiger charge is 2.49. The van der Waals surface area contributed by atoms with Crippen LogP contribution in [0.4, 0.5) is 10.5 Å². The summed E-state index contributed by atoms with van der Waals surface area (Å²) in [6.07, 6.45) is 0. The maximum absolute atomic E-state index is 12.8. The number of nitrogens with zero attached hydrogens (tertiary/aromatic N) is 1. The molecule has 0 bridgehead atoms. The molecule has 1 saturated heterocycles. The molecule has 26 heavy (non-hydrogen) atoms. The Morgan fingerprint density at radius 2 is 1.77 bits per heavy atom. The fraction of sp³-hybridized carbons (Fsp3) is 0.250. The van der Waals surface area contributed by atoms with Crippen LogP contribution < -0.4 is 10.6 Å². The minimum absolute atomic E-state index is 0.333. The molecular weight excluding hydrogens is 330 g/mol. The monoisotopic (exact) mass is 351 g/mol. The molecule has 1 aliphatic rings. The zero-order valence-electron chi connectivity index (χ0n) is 15.0. The number of benzene rings is 2. The second kappa shape index (κ2) is 6.63. The van der Waals surface area contributed by atoms with Crippen LogP contribution in [-0.4, -0.2) is 29.3 Å². The Morgan fingerprint density at radius 1 is 1.08 bits per heavy atom. The predicted molar refractivity (Wildman–Crippen MR) is 98.6 cm³/mol. The SMILES string of the molecule is Cc1ccc(NC(=O)CN2C(=O)N[C@](C)(c3ccccc3)C2=O)cc1C. The lowest BCUT2D eigenvalue weighted by molar-refractivity contribution is -0.133. The second-order valence-electron chi connectivity index (χ2n) is 6.66. The van der Waals surface area contributed by atoms with E-state index in [1.807, 2.05) is 32.0 Å². The summed E-state index contributed by atoms with van der Waals surface area (Å²) in [7, 11) is 0. The number of carbonyl (C=O) groups is 3. The van der Waals surface area contributed by atoms with Crippen molar-refractivity contribution >= 4 is 23.5 Å². The Balaban J connectivity index is 1.73. The van der Waals surface area contributed by atoms with E-state index in [9.17, 15) is 14.4 Å². The molecule has 0 unspecified atom stereocenters. The molecule has 4 amide bonds. The summed E-state index contributed by atoms with van der Waals surface area (Å²) in [5.74, 6) is -0.863. The Bertz CT molecular complexity index is 879. The molecule has 6 heteroatoms. The Labute approximate surface area is 152 Å². The smallest absolute Gasteiger partial charge is 0.325 e. The number of carbonyl (C=O) groups excluding carboxylic acids is 3. The van der Waals surface area contributed by atoms with Crippen molar-refractivity contribution < 1.29 is 14.4 Å². The van der Waals surface area contributed by atoms with Gasteiger partial charge in [-0.3, -0.25) is 14.5 Å². The van der Waals surface area contributed by atoms with E-state index >= 15 is 0 Å². The molecule has 0 aromatic heterocycles. The summed E-state index contributed by atoms with van der Waals surface area (Å²) in [4.78, 5) is 38.3. The van der Waals surface area contributed by atoms with Crippen LogP contribution in [-0.2, 0) is 15.1 Å². The first-order valence-electron chi connectivity index (χ1n) is 8.38. The van der Waals surface area contributed by atoms with E-state index in [4.69, 9.17) is 0 Å².